The summed E-state index contributed by atoms with van der Waals surface area (Å²) in [5, 5.41) is 0. The number of carbonyl (C=O) groups excluding carboxylic acids is 1. The van der Waals surface area contributed by atoms with Crippen LogP contribution in [-0.2, 0) is 9.53 Å². The van der Waals surface area contributed by atoms with Crippen LogP contribution in [0.15, 0.2) is 30.3 Å². The van der Waals surface area contributed by atoms with Crippen LogP contribution in [0.2, 0.25) is 0 Å². The summed E-state index contributed by atoms with van der Waals surface area (Å²) in [6.07, 6.45) is 4.20. The molecule has 2 unspecified atom stereocenters. The summed E-state index contributed by atoms with van der Waals surface area (Å²) in [6, 6.07) is 9.11. The van der Waals surface area contributed by atoms with Crippen molar-refractivity contribution in [1.82, 2.24) is 0 Å². The van der Waals surface area contributed by atoms with Crippen molar-refractivity contribution in [3.8, 4) is 5.75 Å². The molecular formula is C14H18O3. The monoisotopic (exact) mass is 234 g/mol. The second-order valence-electron chi connectivity index (χ2n) is 4.33. The minimum Gasteiger partial charge on any atom is -0.425 e. The van der Waals surface area contributed by atoms with Crippen molar-refractivity contribution in [1.29, 1.82) is 0 Å². The van der Waals surface area contributed by atoms with E-state index >= 15 is 0 Å². The highest BCUT2D eigenvalue weighted by molar-refractivity contribution is 5.80. The van der Waals surface area contributed by atoms with Gasteiger partial charge in [0, 0.05) is 0 Å². The smallest absolute Gasteiger partial charge is 0.343 e. The van der Waals surface area contributed by atoms with E-state index in [1.807, 2.05) is 18.2 Å². The van der Waals surface area contributed by atoms with E-state index in [0.29, 0.717) is 5.75 Å². The standard InChI is InChI=1S/C14H18O3/c1-2-3-5-10-12-13(17-12)14(15)16-11-8-6-4-7-9-11/h4,6-9,12-13H,2-3,5,10H2,1H3. The maximum absolute atomic E-state index is 11.7. The lowest BCUT2D eigenvalue weighted by Gasteiger charge is -2.00. The minimum absolute atomic E-state index is 0.0813. The Morgan fingerprint density at radius 1 is 1.29 bits per heavy atom. The number of esters is 1. The van der Waals surface area contributed by atoms with Crippen LogP contribution >= 0.6 is 0 Å². The Hall–Kier alpha value is -1.35. The molecule has 0 amide bonds. The molecule has 1 aromatic carbocycles. The lowest BCUT2D eigenvalue weighted by Crippen LogP contribution is -2.17. The third-order valence-electron chi connectivity index (χ3n) is 2.87. The van der Waals surface area contributed by atoms with Crippen molar-refractivity contribution in [2.24, 2.45) is 0 Å². The van der Waals surface area contributed by atoms with Gasteiger partial charge in [-0.2, -0.15) is 0 Å². The Morgan fingerprint density at radius 2 is 2.06 bits per heavy atom. The predicted molar refractivity (Wildman–Crippen MR) is 64.9 cm³/mol. The van der Waals surface area contributed by atoms with E-state index in [4.69, 9.17) is 9.47 Å². The molecule has 0 N–H and O–H groups in total. The van der Waals surface area contributed by atoms with Gasteiger partial charge in [-0.1, -0.05) is 44.4 Å². The third-order valence-corrected chi connectivity index (χ3v) is 2.87. The first-order chi connectivity index (χ1) is 8.31. The Morgan fingerprint density at radius 3 is 2.76 bits per heavy atom. The average molecular weight is 234 g/mol. The molecule has 3 heteroatoms. The number of rotatable bonds is 6. The molecule has 1 saturated heterocycles. The van der Waals surface area contributed by atoms with Gasteiger partial charge < -0.3 is 9.47 Å². The van der Waals surface area contributed by atoms with Gasteiger partial charge in [0.1, 0.15) is 5.75 Å². The quantitative estimate of drug-likeness (QED) is 0.329. The summed E-state index contributed by atoms with van der Waals surface area (Å²) in [6.45, 7) is 2.16. The van der Waals surface area contributed by atoms with Crippen LogP contribution in [-0.4, -0.2) is 18.2 Å². The summed E-state index contributed by atoms with van der Waals surface area (Å²) in [4.78, 5) is 11.7. The van der Waals surface area contributed by atoms with Crippen molar-refractivity contribution < 1.29 is 14.3 Å². The molecule has 0 saturated carbocycles. The van der Waals surface area contributed by atoms with Crippen molar-refractivity contribution in [3.05, 3.63) is 30.3 Å². The summed E-state index contributed by atoms with van der Waals surface area (Å²) >= 11 is 0. The highest BCUT2D eigenvalue weighted by Gasteiger charge is 2.45. The Balaban J connectivity index is 1.72. The normalized spacial score (nSPS) is 22.2. The molecule has 0 aliphatic carbocycles. The SMILES string of the molecule is CCCCCC1OC1C(=O)Oc1ccccc1. The van der Waals surface area contributed by atoms with Gasteiger partial charge in [0.15, 0.2) is 6.10 Å². The molecule has 17 heavy (non-hydrogen) atoms. The second kappa shape index (κ2) is 5.82. The van der Waals surface area contributed by atoms with Gasteiger partial charge in [-0.3, -0.25) is 0 Å². The number of unbranched alkanes of at least 4 members (excludes halogenated alkanes) is 2. The lowest BCUT2D eigenvalue weighted by atomic mass is 10.1. The van der Waals surface area contributed by atoms with Crippen LogP contribution in [0, 0.1) is 0 Å². The molecule has 0 spiro atoms. The van der Waals surface area contributed by atoms with Crippen molar-refractivity contribution in [2.45, 2.75) is 44.8 Å². The predicted octanol–water partition coefficient (Wildman–Crippen LogP) is 2.94. The second-order valence-corrected chi connectivity index (χ2v) is 4.33. The summed E-state index contributed by atoms with van der Waals surface area (Å²) in [5.41, 5.74) is 0. The van der Waals surface area contributed by atoms with Crippen LogP contribution in [0.4, 0.5) is 0 Å². The highest BCUT2D eigenvalue weighted by atomic mass is 16.6. The van der Waals surface area contributed by atoms with E-state index in [1.54, 1.807) is 12.1 Å². The fourth-order valence-corrected chi connectivity index (χ4v) is 1.83. The fourth-order valence-electron chi connectivity index (χ4n) is 1.83. The fraction of sp³-hybridized carbons (Fsp3) is 0.500. The van der Waals surface area contributed by atoms with Gasteiger partial charge in [0.05, 0.1) is 6.10 Å². The molecule has 1 aromatic rings. The zero-order valence-electron chi connectivity index (χ0n) is 10.1. The van der Waals surface area contributed by atoms with Gasteiger partial charge in [0.2, 0.25) is 0 Å². The van der Waals surface area contributed by atoms with Crippen LogP contribution in [0.25, 0.3) is 0 Å². The number of hydrogen-bond donors (Lipinski definition) is 0. The molecule has 1 heterocycles. The van der Waals surface area contributed by atoms with Gasteiger partial charge >= 0.3 is 5.97 Å². The number of epoxide rings is 1. The largest absolute Gasteiger partial charge is 0.425 e. The molecule has 1 aliphatic rings. The molecular weight excluding hydrogens is 216 g/mol. The van der Waals surface area contributed by atoms with E-state index < -0.39 is 0 Å². The van der Waals surface area contributed by atoms with Gasteiger partial charge in [-0.25, -0.2) is 4.79 Å². The summed E-state index contributed by atoms with van der Waals surface area (Å²) in [5.74, 6) is 0.318. The Labute approximate surface area is 102 Å². The zero-order valence-corrected chi connectivity index (χ0v) is 10.1. The van der Waals surface area contributed by atoms with Crippen LogP contribution in [0.5, 0.6) is 5.75 Å². The molecule has 0 aromatic heterocycles. The first-order valence-corrected chi connectivity index (χ1v) is 6.23. The first kappa shape index (κ1) is 12.1. The average Bonchev–Trinajstić information content (AvgIpc) is 3.10. The minimum atomic E-state index is -0.341. The molecule has 1 aliphatic heterocycles. The van der Waals surface area contributed by atoms with E-state index in [2.05, 4.69) is 6.92 Å². The van der Waals surface area contributed by atoms with Crippen LogP contribution in [0.1, 0.15) is 32.6 Å². The molecule has 2 rings (SSSR count). The zero-order chi connectivity index (χ0) is 12.1. The van der Waals surface area contributed by atoms with Crippen LogP contribution < -0.4 is 4.74 Å². The summed E-state index contributed by atoms with van der Waals surface area (Å²) < 4.78 is 10.5. The Kier molecular flexibility index (Phi) is 4.15. The topological polar surface area (TPSA) is 38.8 Å². The van der Waals surface area contributed by atoms with Gasteiger partial charge in [-0.05, 0) is 18.6 Å². The number of benzene rings is 1. The van der Waals surface area contributed by atoms with Gasteiger partial charge in [-0.15, -0.1) is 0 Å². The van der Waals surface area contributed by atoms with Crippen molar-refractivity contribution in [3.63, 3.8) is 0 Å². The molecule has 1 fully saturated rings. The van der Waals surface area contributed by atoms with Crippen molar-refractivity contribution >= 4 is 5.97 Å². The van der Waals surface area contributed by atoms with Crippen LogP contribution in [0.3, 0.4) is 0 Å². The first-order valence-electron chi connectivity index (χ1n) is 6.23. The van der Waals surface area contributed by atoms with Crippen molar-refractivity contribution in [2.75, 3.05) is 0 Å². The van der Waals surface area contributed by atoms with E-state index in [1.165, 1.54) is 12.8 Å². The molecule has 0 radical (unpaired) electrons. The van der Waals surface area contributed by atoms with E-state index in [-0.39, 0.29) is 18.2 Å². The number of hydrogen-bond acceptors (Lipinski definition) is 3. The number of carbonyl (C=O) groups is 1. The number of ether oxygens (including phenoxy) is 2. The maximum Gasteiger partial charge on any atom is 0.343 e. The molecule has 3 nitrogen and oxygen atoms in total. The molecule has 92 valence electrons. The molecule has 0 bridgehead atoms. The van der Waals surface area contributed by atoms with Gasteiger partial charge in [0.25, 0.3) is 0 Å². The number of para-hydroxylation sites is 1. The summed E-state index contributed by atoms with van der Waals surface area (Å²) in [7, 11) is 0. The van der Waals surface area contributed by atoms with E-state index in [9.17, 15) is 4.79 Å². The lowest BCUT2D eigenvalue weighted by molar-refractivity contribution is -0.135. The Bertz CT molecular complexity index is 361. The van der Waals surface area contributed by atoms with E-state index in [0.717, 1.165) is 12.8 Å². The molecule has 2 atom stereocenters. The highest BCUT2D eigenvalue weighted by Crippen LogP contribution is 2.29. The third kappa shape index (κ3) is 3.56. The maximum atomic E-state index is 11.7.